The van der Waals surface area contributed by atoms with Crippen molar-refractivity contribution in [1.29, 1.82) is 0 Å². The molecule has 4 aromatic rings. The Bertz CT molecular complexity index is 1350. The molecule has 1 amide bonds. The van der Waals surface area contributed by atoms with Crippen molar-refractivity contribution >= 4 is 22.5 Å². The first-order valence-electron chi connectivity index (χ1n) is 10.4. The van der Waals surface area contributed by atoms with E-state index in [1.54, 1.807) is 10.9 Å². The summed E-state index contributed by atoms with van der Waals surface area (Å²) in [6.07, 6.45) is 3.78. The van der Waals surface area contributed by atoms with E-state index in [1.165, 1.54) is 4.68 Å². The first kappa shape index (κ1) is 19.2. The highest BCUT2D eigenvalue weighted by molar-refractivity contribution is 5.91. The normalized spacial score (nSPS) is 13.5. The van der Waals surface area contributed by atoms with Crippen LogP contribution in [0.1, 0.15) is 35.6 Å². The van der Waals surface area contributed by atoms with Gasteiger partial charge in [-0.2, -0.15) is 10.2 Å². The van der Waals surface area contributed by atoms with E-state index in [0.29, 0.717) is 11.4 Å². The van der Waals surface area contributed by atoms with Gasteiger partial charge in [0.25, 0.3) is 5.56 Å². The van der Waals surface area contributed by atoms with E-state index in [4.69, 9.17) is 0 Å². The van der Waals surface area contributed by atoms with Crippen LogP contribution in [0.15, 0.2) is 59.5 Å². The predicted octanol–water partition coefficient (Wildman–Crippen LogP) is 3.72. The Kier molecular flexibility index (Phi) is 4.66. The molecule has 0 radical (unpaired) electrons. The lowest BCUT2D eigenvalue weighted by atomic mass is 10.1. The van der Waals surface area contributed by atoms with Crippen LogP contribution in [-0.4, -0.2) is 25.5 Å². The van der Waals surface area contributed by atoms with Gasteiger partial charge < -0.3 is 5.32 Å². The monoisotopic (exact) mass is 413 g/mol. The second kappa shape index (κ2) is 7.50. The molecule has 5 rings (SSSR count). The highest BCUT2D eigenvalue weighted by Gasteiger charge is 2.30. The smallest absolute Gasteiger partial charge is 0.293 e. The molecule has 0 atom stereocenters. The number of carbonyl (C=O) groups is 1. The topological polar surface area (TPSA) is 81.8 Å². The number of benzene rings is 2. The van der Waals surface area contributed by atoms with Crippen molar-refractivity contribution in [2.75, 3.05) is 5.32 Å². The minimum Gasteiger partial charge on any atom is -0.324 e. The predicted molar refractivity (Wildman–Crippen MR) is 120 cm³/mol. The van der Waals surface area contributed by atoms with Crippen molar-refractivity contribution in [3.8, 4) is 5.69 Å². The number of nitrogens with zero attached hydrogens (tertiary/aromatic N) is 4. The van der Waals surface area contributed by atoms with Crippen molar-refractivity contribution in [1.82, 2.24) is 19.6 Å². The molecule has 156 valence electrons. The lowest BCUT2D eigenvalue weighted by molar-refractivity contribution is -0.117. The van der Waals surface area contributed by atoms with Crippen LogP contribution in [0.25, 0.3) is 16.6 Å². The van der Waals surface area contributed by atoms with Crippen molar-refractivity contribution in [2.24, 2.45) is 0 Å². The third-order valence-corrected chi connectivity index (χ3v) is 5.62. The summed E-state index contributed by atoms with van der Waals surface area (Å²) in [5.74, 6) is 0.0265. The zero-order valence-corrected chi connectivity index (χ0v) is 17.5. The standard InChI is InChI=1S/C24H23N5O2/c1-15-8-11-20(16(2)12-15)26-21(30)14-28-24(31)23-19(22(27-28)17-9-10-17)13-25-29(23)18-6-4-3-5-7-18/h3-8,11-13,17H,9-10,14H2,1-2H3,(H,26,30). The second-order valence-corrected chi connectivity index (χ2v) is 8.14. The van der Waals surface area contributed by atoms with Crippen LogP contribution in [0.4, 0.5) is 5.69 Å². The van der Waals surface area contributed by atoms with Crippen LogP contribution in [-0.2, 0) is 11.3 Å². The average Bonchev–Trinajstić information content (AvgIpc) is 3.50. The van der Waals surface area contributed by atoms with Crippen molar-refractivity contribution in [2.45, 2.75) is 39.2 Å². The van der Waals surface area contributed by atoms with Gasteiger partial charge in [-0.3, -0.25) is 9.59 Å². The number of aromatic nitrogens is 4. The van der Waals surface area contributed by atoms with Gasteiger partial charge in [-0.1, -0.05) is 35.9 Å². The molecule has 31 heavy (non-hydrogen) atoms. The van der Waals surface area contributed by atoms with Gasteiger partial charge in [-0.15, -0.1) is 0 Å². The number of hydrogen-bond donors (Lipinski definition) is 1. The van der Waals surface area contributed by atoms with E-state index in [2.05, 4.69) is 15.5 Å². The molecule has 1 aliphatic rings. The Morgan fingerprint density at radius 2 is 1.90 bits per heavy atom. The molecular weight excluding hydrogens is 390 g/mol. The van der Waals surface area contributed by atoms with Crippen molar-refractivity contribution in [3.63, 3.8) is 0 Å². The van der Waals surface area contributed by atoms with Gasteiger partial charge in [0, 0.05) is 17.0 Å². The molecular formula is C24H23N5O2. The van der Waals surface area contributed by atoms with Crippen LogP contribution in [0.2, 0.25) is 0 Å². The van der Waals surface area contributed by atoms with Gasteiger partial charge in [0.05, 0.1) is 17.6 Å². The fourth-order valence-electron chi connectivity index (χ4n) is 3.90. The van der Waals surface area contributed by atoms with Crippen LogP contribution >= 0.6 is 0 Å². The molecule has 7 heteroatoms. The Labute approximate surface area is 179 Å². The second-order valence-electron chi connectivity index (χ2n) is 8.14. The number of nitrogens with one attached hydrogen (secondary N) is 1. The van der Waals surface area contributed by atoms with E-state index < -0.39 is 0 Å². The van der Waals surface area contributed by atoms with Gasteiger partial charge in [0.2, 0.25) is 5.91 Å². The van der Waals surface area contributed by atoms with Crippen LogP contribution in [0, 0.1) is 13.8 Å². The molecule has 0 unspecified atom stereocenters. The van der Waals surface area contributed by atoms with E-state index >= 15 is 0 Å². The molecule has 1 fully saturated rings. The molecule has 0 aliphatic heterocycles. The zero-order chi connectivity index (χ0) is 21.5. The third kappa shape index (κ3) is 3.63. The Morgan fingerprint density at radius 3 is 2.61 bits per heavy atom. The fraction of sp³-hybridized carbons (Fsp3) is 0.250. The number of carbonyl (C=O) groups excluding carboxylic acids is 1. The summed E-state index contributed by atoms with van der Waals surface area (Å²) in [5, 5.41) is 12.7. The van der Waals surface area contributed by atoms with Gasteiger partial charge in [0.1, 0.15) is 12.1 Å². The molecule has 1 aliphatic carbocycles. The van der Waals surface area contributed by atoms with E-state index in [1.807, 2.05) is 62.4 Å². The summed E-state index contributed by atoms with van der Waals surface area (Å²) in [6.45, 7) is 3.80. The molecule has 2 heterocycles. The summed E-state index contributed by atoms with van der Waals surface area (Å²) in [5.41, 5.74) is 4.62. The third-order valence-electron chi connectivity index (χ3n) is 5.62. The summed E-state index contributed by atoms with van der Waals surface area (Å²) in [4.78, 5) is 26.1. The number of anilines is 1. The largest absolute Gasteiger partial charge is 0.324 e. The Hall–Kier alpha value is -3.74. The summed E-state index contributed by atoms with van der Waals surface area (Å²) < 4.78 is 2.92. The zero-order valence-electron chi connectivity index (χ0n) is 17.5. The Balaban J connectivity index is 1.55. The number of fused-ring (bicyclic) bond motifs is 1. The lowest BCUT2D eigenvalue weighted by Crippen LogP contribution is -2.31. The summed E-state index contributed by atoms with van der Waals surface area (Å²) in [7, 11) is 0. The number of aryl methyl sites for hydroxylation is 2. The summed E-state index contributed by atoms with van der Waals surface area (Å²) >= 11 is 0. The van der Waals surface area contributed by atoms with Crippen LogP contribution < -0.4 is 10.9 Å². The molecule has 0 spiro atoms. The minimum atomic E-state index is -0.323. The van der Waals surface area contributed by atoms with Crippen molar-refractivity contribution < 1.29 is 4.79 Å². The van der Waals surface area contributed by atoms with E-state index in [0.717, 1.165) is 46.4 Å². The molecule has 7 nitrogen and oxygen atoms in total. The fourth-order valence-corrected chi connectivity index (χ4v) is 3.90. The lowest BCUT2D eigenvalue weighted by Gasteiger charge is -2.12. The number of para-hydroxylation sites is 1. The van der Waals surface area contributed by atoms with E-state index in [-0.39, 0.29) is 18.0 Å². The van der Waals surface area contributed by atoms with Crippen LogP contribution in [0.3, 0.4) is 0 Å². The molecule has 1 saturated carbocycles. The maximum Gasteiger partial charge on any atom is 0.293 e. The van der Waals surface area contributed by atoms with Gasteiger partial charge >= 0.3 is 0 Å². The SMILES string of the molecule is Cc1ccc(NC(=O)Cn2nc(C3CC3)c3cnn(-c4ccccc4)c3c2=O)c(C)c1. The molecule has 0 bridgehead atoms. The summed E-state index contributed by atoms with van der Waals surface area (Å²) in [6, 6.07) is 15.4. The first-order chi connectivity index (χ1) is 15.0. The quantitative estimate of drug-likeness (QED) is 0.541. The molecule has 0 saturated heterocycles. The van der Waals surface area contributed by atoms with Crippen LogP contribution in [0.5, 0.6) is 0 Å². The molecule has 1 N–H and O–H groups in total. The minimum absolute atomic E-state index is 0.151. The van der Waals surface area contributed by atoms with Gasteiger partial charge in [0.15, 0.2) is 0 Å². The highest BCUT2D eigenvalue weighted by atomic mass is 16.2. The first-order valence-corrected chi connectivity index (χ1v) is 10.4. The highest BCUT2D eigenvalue weighted by Crippen LogP contribution is 2.41. The molecule has 2 aromatic heterocycles. The number of rotatable bonds is 5. The molecule has 2 aromatic carbocycles. The number of amides is 1. The van der Waals surface area contributed by atoms with Gasteiger partial charge in [-0.25, -0.2) is 9.36 Å². The average molecular weight is 413 g/mol. The van der Waals surface area contributed by atoms with E-state index in [9.17, 15) is 9.59 Å². The Morgan fingerprint density at radius 1 is 1.13 bits per heavy atom. The van der Waals surface area contributed by atoms with Crippen molar-refractivity contribution in [3.05, 3.63) is 81.9 Å². The maximum absolute atomic E-state index is 13.3. The maximum atomic E-state index is 13.3. The van der Waals surface area contributed by atoms with Gasteiger partial charge in [-0.05, 0) is 50.5 Å². The number of hydrogen-bond acceptors (Lipinski definition) is 4.